The summed E-state index contributed by atoms with van der Waals surface area (Å²) in [6.07, 6.45) is -0.911. The number of likely N-dealkylation sites (tertiary alicyclic amines) is 1. The average molecular weight is 598 g/mol. The normalized spacial score (nSPS) is 24.4. The third-order valence-corrected chi connectivity index (χ3v) is 8.03. The Kier molecular flexibility index (Phi) is 5.21. The number of ether oxygens (including phenoxy) is 1. The van der Waals surface area contributed by atoms with E-state index in [2.05, 4.69) is 22.6 Å². The van der Waals surface area contributed by atoms with Gasteiger partial charge in [0.05, 0.1) is 24.5 Å². The van der Waals surface area contributed by atoms with Crippen molar-refractivity contribution >= 4 is 57.6 Å². The second kappa shape index (κ2) is 8.08. The zero-order valence-corrected chi connectivity index (χ0v) is 21.0. The molecule has 0 aromatic heterocycles. The first kappa shape index (κ1) is 22.6. The van der Waals surface area contributed by atoms with Crippen LogP contribution < -0.4 is 0 Å². The minimum Gasteiger partial charge on any atom is -0.349 e. The molecule has 6 nitrogen and oxygen atoms in total. The number of benzene rings is 3. The Morgan fingerprint density at radius 3 is 2.03 bits per heavy atom. The predicted octanol–water partition coefficient (Wildman–Crippen LogP) is 4.64. The van der Waals surface area contributed by atoms with Crippen molar-refractivity contribution in [1.29, 1.82) is 0 Å². The third-order valence-electron chi connectivity index (χ3n) is 7.06. The van der Waals surface area contributed by atoms with E-state index in [-0.39, 0.29) is 17.7 Å². The second-order valence-corrected chi connectivity index (χ2v) is 10.6. The first-order valence-electron chi connectivity index (χ1n) is 11.0. The highest BCUT2D eigenvalue weighted by atomic mass is 127. The van der Waals surface area contributed by atoms with Crippen LogP contribution in [0.2, 0.25) is 5.02 Å². The fourth-order valence-electron chi connectivity index (χ4n) is 5.46. The number of halogens is 2. The largest absolute Gasteiger partial charge is 0.349 e. The van der Waals surface area contributed by atoms with Crippen molar-refractivity contribution < 1.29 is 23.9 Å². The lowest BCUT2D eigenvalue weighted by molar-refractivity contribution is -0.145. The van der Waals surface area contributed by atoms with E-state index >= 15 is 0 Å². The number of hydrogen-bond donors (Lipinski definition) is 0. The zero-order chi connectivity index (χ0) is 24.5. The molecule has 0 bridgehead atoms. The molecule has 3 atom stereocenters. The molecule has 0 saturated carbocycles. The quantitative estimate of drug-likeness (QED) is 0.250. The van der Waals surface area contributed by atoms with Crippen molar-refractivity contribution in [3.8, 4) is 0 Å². The molecule has 3 aliphatic rings. The number of carbonyl (C=O) groups excluding carboxylic acids is 4. The van der Waals surface area contributed by atoms with Gasteiger partial charge in [-0.15, -0.1) is 0 Å². The first-order valence-corrected chi connectivity index (χ1v) is 12.5. The molecule has 0 radical (unpaired) electrons. The van der Waals surface area contributed by atoms with Crippen LogP contribution in [0.5, 0.6) is 0 Å². The molecule has 3 aromatic carbocycles. The number of hydrogen-bond acceptors (Lipinski definition) is 5. The Labute approximate surface area is 219 Å². The zero-order valence-electron chi connectivity index (χ0n) is 18.1. The predicted molar refractivity (Wildman–Crippen MR) is 135 cm³/mol. The molecule has 2 aliphatic heterocycles. The Morgan fingerprint density at radius 2 is 1.43 bits per heavy atom. The topological polar surface area (TPSA) is 80.8 Å². The summed E-state index contributed by atoms with van der Waals surface area (Å²) < 4.78 is 7.26. The van der Waals surface area contributed by atoms with Gasteiger partial charge in [-0.2, -0.15) is 0 Å². The minimum atomic E-state index is -2.05. The maximum absolute atomic E-state index is 13.8. The molecule has 2 fully saturated rings. The highest BCUT2D eigenvalue weighted by Crippen LogP contribution is 2.57. The molecule has 2 saturated heterocycles. The molecular weight excluding hydrogens is 581 g/mol. The van der Waals surface area contributed by atoms with Crippen LogP contribution in [-0.4, -0.2) is 33.9 Å². The summed E-state index contributed by atoms with van der Waals surface area (Å²) in [5.74, 6) is -4.37. The van der Waals surface area contributed by atoms with E-state index in [1.165, 1.54) is 0 Å². The van der Waals surface area contributed by atoms with Gasteiger partial charge in [0.1, 0.15) is 0 Å². The van der Waals surface area contributed by atoms with Crippen LogP contribution >= 0.6 is 34.2 Å². The van der Waals surface area contributed by atoms with E-state index in [4.69, 9.17) is 16.3 Å². The van der Waals surface area contributed by atoms with Gasteiger partial charge in [-0.05, 0) is 58.0 Å². The van der Waals surface area contributed by atoms with Gasteiger partial charge >= 0.3 is 0 Å². The number of carbonyl (C=O) groups is 4. The summed E-state index contributed by atoms with van der Waals surface area (Å²) in [5.41, 5.74) is -0.261. The van der Waals surface area contributed by atoms with Crippen molar-refractivity contribution in [3.05, 3.63) is 104 Å². The molecule has 1 aliphatic carbocycles. The highest BCUT2D eigenvalue weighted by molar-refractivity contribution is 14.1. The fraction of sp³-hybridized carbons (Fsp3) is 0.185. The van der Waals surface area contributed by atoms with E-state index in [1.807, 2.05) is 12.1 Å². The van der Waals surface area contributed by atoms with Gasteiger partial charge in [-0.3, -0.25) is 24.1 Å². The number of imide groups is 1. The lowest BCUT2D eigenvalue weighted by atomic mass is 9.77. The smallest absolute Gasteiger partial charge is 0.237 e. The lowest BCUT2D eigenvalue weighted by Crippen LogP contribution is -2.50. The third kappa shape index (κ3) is 3.18. The summed E-state index contributed by atoms with van der Waals surface area (Å²) in [6, 6.07) is 20.6. The molecule has 3 aromatic rings. The van der Waals surface area contributed by atoms with Crippen LogP contribution in [0.4, 0.5) is 0 Å². The van der Waals surface area contributed by atoms with Crippen LogP contribution in [0.1, 0.15) is 37.9 Å². The highest BCUT2D eigenvalue weighted by Gasteiger charge is 2.74. The number of rotatable bonds is 3. The van der Waals surface area contributed by atoms with Crippen molar-refractivity contribution in [3.63, 3.8) is 0 Å². The van der Waals surface area contributed by atoms with E-state index in [0.29, 0.717) is 16.1 Å². The van der Waals surface area contributed by atoms with Gasteiger partial charge in [-0.25, -0.2) is 0 Å². The SMILES string of the molecule is O=C1[C@@H]2[C@@H](c3ccc(I)cc3)OC3(C(=O)c4ccccc4C3=O)[C@@H]2C(=O)N1Cc1ccc(Cl)cc1. The molecule has 0 N–H and O–H groups in total. The Hall–Kier alpha value is -2.88. The lowest BCUT2D eigenvalue weighted by Gasteiger charge is -2.27. The monoisotopic (exact) mass is 597 g/mol. The van der Waals surface area contributed by atoms with E-state index in [1.54, 1.807) is 60.7 Å². The summed E-state index contributed by atoms with van der Waals surface area (Å²) in [7, 11) is 0. The van der Waals surface area contributed by atoms with Crippen LogP contribution in [0, 0.1) is 15.4 Å². The summed E-state index contributed by atoms with van der Waals surface area (Å²) in [4.78, 5) is 56.1. The second-order valence-electron chi connectivity index (χ2n) is 8.92. The van der Waals surface area contributed by atoms with Gasteiger partial charge in [0.2, 0.25) is 29.0 Å². The van der Waals surface area contributed by atoms with Gasteiger partial charge in [-0.1, -0.05) is 60.1 Å². The van der Waals surface area contributed by atoms with E-state index < -0.39 is 46.9 Å². The Bertz CT molecular complexity index is 1380. The van der Waals surface area contributed by atoms with Crippen molar-refractivity contribution in [2.24, 2.45) is 11.8 Å². The number of fused-ring (bicyclic) bond motifs is 3. The van der Waals surface area contributed by atoms with Crippen molar-refractivity contribution in [1.82, 2.24) is 4.90 Å². The summed E-state index contributed by atoms with van der Waals surface area (Å²) in [5, 5.41) is 0.538. The van der Waals surface area contributed by atoms with Gasteiger partial charge in [0, 0.05) is 19.7 Å². The number of Topliss-reactive ketones (excluding diaryl/α,β-unsaturated/α-hetero) is 2. The molecule has 1 spiro atoms. The van der Waals surface area contributed by atoms with Gasteiger partial charge < -0.3 is 4.74 Å². The van der Waals surface area contributed by atoms with Crippen LogP contribution in [0.25, 0.3) is 0 Å². The standard InChI is InChI=1S/C27H17ClINO5/c28-16-9-5-14(6-10-16)13-30-25(33)20-21(26(30)34)27(35-22(20)15-7-11-17(29)12-8-15)23(31)18-3-1-2-4-19(18)24(27)32/h1-12,20-22H,13H2/t20-,21-,22+/m0/s1. The van der Waals surface area contributed by atoms with E-state index in [9.17, 15) is 19.2 Å². The molecule has 174 valence electrons. The van der Waals surface area contributed by atoms with Crippen molar-refractivity contribution in [2.45, 2.75) is 18.2 Å². The van der Waals surface area contributed by atoms with Gasteiger partial charge in [0.25, 0.3) is 0 Å². The maximum atomic E-state index is 13.8. The maximum Gasteiger partial charge on any atom is 0.237 e. The number of nitrogens with zero attached hydrogens (tertiary/aromatic N) is 1. The van der Waals surface area contributed by atoms with Gasteiger partial charge in [0.15, 0.2) is 0 Å². The van der Waals surface area contributed by atoms with Crippen LogP contribution in [0.3, 0.4) is 0 Å². The average Bonchev–Trinajstić information content (AvgIpc) is 3.42. The molecular formula is C27H17ClINO5. The number of ketones is 2. The van der Waals surface area contributed by atoms with Crippen LogP contribution in [0.15, 0.2) is 72.8 Å². The molecule has 2 heterocycles. The summed E-state index contributed by atoms with van der Waals surface area (Å²) >= 11 is 8.15. The van der Waals surface area contributed by atoms with Crippen LogP contribution in [-0.2, 0) is 20.9 Å². The molecule has 6 rings (SSSR count). The molecule has 0 unspecified atom stereocenters. The molecule has 2 amide bonds. The van der Waals surface area contributed by atoms with Crippen molar-refractivity contribution in [2.75, 3.05) is 0 Å². The Balaban J connectivity index is 1.48. The Morgan fingerprint density at radius 1 is 0.829 bits per heavy atom. The summed E-state index contributed by atoms with van der Waals surface area (Å²) in [6.45, 7) is 0.0205. The first-order chi connectivity index (χ1) is 16.8. The molecule has 8 heteroatoms. The minimum absolute atomic E-state index is 0.0205. The fourth-order valence-corrected chi connectivity index (χ4v) is 5.94. The van der Waals surface area contributed by atoms with E-state index in [0.717, 1.165) is 8.47 Å². The molecule has 35 heavy (non-hydrogen) atoms. The number of amides is 2.